The topological polar surface area (TPSA) is 127 Å². The number of carbonyl (C=O) groups excluding carboxylic acids is 3. The molecule has 1 aromatic carbocycles. The molecule has 0 spiro atoms. The molecule has 128 valence electrons. The maximum Gasteiger partial charge on any atom is 0.248 e. The number of nitrogens with two attached hydrogens (primary N) is 2. The van der Waals surface area contributed by atoms with Crippen molar-refractivity contribution in [2.24, 2.45) is 17.4 Å². The highest BCUT2D eigenvalue weighted by Gasteiger charge is 2.18. The molecule has 0 heterocycles. The fourth-order valence-electron chi connectivity index (χ4n) is 1.56. The van der Waals surface area contributed by atoms with Gasteiger partial charge in [0.1, 0.15) is 5.82 Å². The van der Waals surface area contributed by atoms with Crippen molar-refractivity contribution in [3.05, 3.63) is 29.6 Å². The van der Waals surface area contributed by atoms with Crippen molar-refractivity contribution in [1.29, 1.82) is 0 Å². The van der Waals surface area contributed by atoms with Gasteiger partial charge in [0.15, 0.2) is 0 Å². The summed E-state index contributed by atoms with van der Waals surface area (Å²) in [7, 11) is 0. The molecule has 1 atom stereocenters. The number of carbonyl (C=O) groups is 3. The molecule has 0 radical (unpaired) electrons. The van der Waals surface area contributed by atoms with Crippen LogP contribution in [-0.2, 0) is 9.59 Å². The molecule has 7 nitrogen and oxygen atoms in total. The van der Waals surface area contributed by atoms with Crippen LogP contribution in [-0.4, -0.2) is 30.3 Å². The van der Waals surface area contributed by atoms with E-state index in [1.54, 1.807) is 13.8 Å². The first-order valence-electron chi connectivity index (χ1n) is 6.65. The van der Waals surface area contributed by atoms with Gasteiger partial charge in [0.25, 0.3) is 0 Å². The zero-order valence-corrected chi connectivity index (χ0v) is 13.6. The normalized spacial score (nSPS) is 11.3. The van der Waals surface area contributed by atoms with Crippen LogP contribution in [0, 0.1) is 11.7 Å². The Morgan fingerprint density at radius 2 is 1.87 bits per heavy atom. The number of rotatable bonds is 6. The van der Waals surface area contributed by atoms with E-state index in [4.69, 9.17) is 11.5 Å². The van der Waals surface area contributed by atoms with Crippen LogP contribution in [0.25, 0.3) is 0 Å². The average molecular weight is 347 g/mol. The summed E-state index contributed by atoms with van der Waals surface area (Å²) in [5.74, 6) is -2.66. The number of halogens is 2. The first-order chi connectivity index (χ1) is 10.2. The van der Waals surface area contributed by atoms with Gasteiger partial charge in [-0.1, -0.05) is 13.8 Å². The molecule has 0 bridgehead atoms. The summed E-state index contributed by atoms with van der Waals surface area (Å²) in [6.45, 7) is 3.18. The summed E-state index contributed by atoms with van der Waals surface area (Å²) in [6, 6.07) is 2.61. The summed E-state index contributed by atoms with van der Waals surface area (Å²) < 4.78 is 13.6. The summed E-state index contributed by atoms with van der Waals surface area (Å²) in [5, 5.41) is 4.60. The highest BCUT2D eigenvalue weighted by Crippen LogP contribution is 2.15. The molecule has 6 N–H and O–H groups in total. The maximum atomic E-state index is 13.6. The largest absolute Gasteiger partial charge is 0.366 e. The van der Waals surface area contributed by atoms with Crippen molar-refractivity contribution >= 4 is 35.8 Å². The van der Waals surface area contributed by atoms with Crippen LogP contribution >= 0.6 is 12.4 Å². The first kappa shape index (κ1) is 20.8. The Balaban J connectivity index is 0.00000484. The second-order valence-corrected chi connectivity index (χ2v) is 5.09. The lowest BCUT2D eigenvalue weighted by atomic mass is 10.1. The van der Waals surface area contributed by atoms with E-state index in [9.17, 15) is 18.8 Å². The van der Waals surface area contributed by atoms with Gasteiger partial charge in [-0.05, 0) is 24.1 Å². The van der Waals surface area contributed by atoms with E-state index in [1.165, 1.54) is 6.07 Å². The summed E-state index contributed by atoms with van der Waals surface area (Å²) in [6.07, 6.45) is 0. The Morgan fingerprint density at radius 3 is 2.39 bits per heavy atom. The average Bonchev–Trinajstić information content (AvgIpc) is 2.45. The molecule has 23 heavy (non-hydrogen) atoms. The minimum atomic E-state index is -0.744. The molecule has 0 unspecified atom stereocenters. The number of hydrogen-bond donors (Lipinski definition) is 4. The molecule has 9 heteroatoms. The zero-order chi connectivity index (χ0) is 16.9. The number of primary amides is 1. The van der Waals surface area contributed by atoms with E-state index >= 15 is 0 Å². The van der Waals surface area contributed by atoms with Crippen molar-refractivity contribution in [1.82, 2.24) is 5.32 Å². The van der Waals surface area contributed by atoms with Crippen molar-refractivity contribution < 1.29 is 18.8 Å². The maximum absolute atomic E-state index is 13.6. The van der Waals surface area contributed by atoms with Crippen molar-refractivity contribution in [2.45, 2.75) is 19.9 Å². The van der Waals surface area contributed by atoms with Gasteiger partial charge in [-0.15, -0.1) is 12.4 Å². The fraction of sp³-hybridized carbons (Fsp3) is 0.357. The second-order valence-electron chi connectivity index (χ2n) is 5.09. The highest BCUT2D eigenvalue weighted by molar-refractivity contribution is 5.98. The lowest BCUT2D eigenvalue weighted by Gasteiger charge is -2.15. The quantitative estimate of drug-likeness (QED) is 0.594. The number of benzene rings is 1. The van der Waals surface area contributed by atoms with Gasteiger partial charge in [0, 0.05) is 5.56 Å². The molecule has 0 fully saturated rings. The molecule has 1 aromatic rings. The van der Waals surface area contributed by atoms with Crippen LogP contribution in [0.3, 0.4) is 0 Å². The number of nitrogens with one attached hydrogen (secondary N) is 2. The Morgan fingerprint density at radius 1 is 1.26 bits per heavy atom. The third kappa shape index (κ3) is 6.21. The van der Waals surface area contributed by atoms with Gasteiger partial charge in [0.05, 0.1) is 18.3 Å². The summed E-state index contributed by atoms with van der Waals surface area (Å²) in [4.78, 5) is 34.3. The molecule has 3 amide bonds. The van der Waals surface area contributed by atoms with Crippen LogP contribution in [0.4, 0.5) is 10.1 Å². The summed E-state index contributed by atoms with van der Waals surface area (Å²) >= 11 is 0. The SMILES string of the molecule is CC(C)[C@H](N)C(=O)NCC(=O)Nc1cc(C(N)=O)ccc1F.Cl. The molecular weight excluding hydrogens is 327 g/mol. The minimum Gasteiger partial charge on any atom is -0.366 e. The molecule has 1 rings (SSSR count). The first-order valence-corrected chi connectivity index (χ1v) is 6.65. The zero-order valence-electron chi connectivity index (χ0n) is 12.8. The van der Waals surface area contributed by atoms with E-state index in [0.29, 0.717) is 0 Å². The predicted molar refractivity (Wildman–Crippen MR) is 86.6 cm³/mol. The Hall–Kier alpha value is -2.19. The molecule has 0 aromatic heterocycles. The molecule has 0 aliphatic rings. The molecule has 0 saturated carbocycles. The van der Waals surface area contributed by atoms with Crippen LogP contribution < -0.4 is 22.1 Å². The predicted octanol–water partition coefficient (Wildman–Crippen LogP) is 0.384. The summed E-state index contributed by atoms with van der Waals surface area (Å²) in [5.41, 5.74) is 10.6. The van der Waals surface area contributed by atoms with Crippen LogP contribution in [0.2, 0.25) is 0 Å². The molecular formula is C14H20ClFN4O3. The van der Waals surface area contributed by atoms with Crippen molar-refractivity contribution in [2.75, 3.05) is 11.9 Å². The molecule has 0 saturated heterocycles. The minimum absolute atomic E-state index is 0. The Kier molecular flexibility index (Phi) is 8.20. The van der Waals surface area contributed by atoms with Crippen LogP contribution in [0.1, 0.15) is 24.2 Å². The van der Waals surface area contributed by atoms with Crippen LogP contribution in [0.5, 0.6) is 0 Å². The van der Waals surface area contributed by atoms with E-state index in [-0.39, 0.29) is 36.1 Å². The van der Waals surface area contributed by atoms with E-state index in [2.05, 4.69) is 10.6 Å². The number of hydrogen-bond acceptors (Lipinski definition) is 4. The van der Waals surface area contributed by atoms with Crippen molar-refractivity contribution in [3.63, 3.8) is 0 Å². The molecule has 0 aliphatic heterocycles. The van der Waals surface area contributed by atoms with E-state index in [1.807, 2.05) is 0 Å². The third-order valence-electron chi connectivity index (χ3n) is 2.97. The Labute approximate surface area is 139 Å². The van der Waals surface area contributed by atoms with Gasteiger partial charge in [0.2, 0.25) is 17.7 Å². The van der Waals surface area contributed by atoms with Gasteiger partial charge in [-0.3, -0.25) is 14.4 Å². The molecule has 0 aliphatic carbocycles. The van der Waals surface area contributed by atoms with Crippen molar-refractivity contribution in [3.8, 4) is 0 Å². The van der Waals surface area contributed by atoms with Gasteiger partial charge in [-0.2, -0.15) is 0 Å². The smallest absolute Gasteiger partial charge is 0.248 e. The van der Waals surface area contributed by atoms with E-state index < -0.39 is 29.6 Å². The van der Waals surface area contributed by atoms with E-state index in [0.717, 1.165) is 12.1 Å². The van der Waals surface area contributed by atoms with Gasteiger partial charge in [-0.25, -0.2) is 4.39 Å². The van der Waals surface area contributed by atoms with Gasteiger partial charge < -0.3 is 22.1 Å². The fourth-order valence-corrected chi connectivity index (χ4v) is 1.56. The standard InChI is InChI=1S/C14H19FN4O3.ClH/c1-7(2)12(16)14(22)18-6-11(20)19-10-5-8(13(17)21)3-4-9(10)15;/h3-5,7,12H,6,16H2,1-2H3,(H2,17,21)(H,18,22)(H,19,20);1H/t12-;/m0./s1. The lowest BCUT2D eigenvalue weighted by Crippen LogP contribution is -2.46. The highest BCUT2D eigenvalue weighted by atomic mass is 35.5. The number of amides is 3. The van der Waals surface area contributed by atoms with Gasteiger partial charge >= 0.3 is 0 Å². The second kappa shape index (κ2) is 9.06. The van der Waals surface area contributed by atoms with Crippen LogP contribution in [0.15, 0.2) is 18.2 Å². The number of anilines is 1. The Bertz CT molecular complexity index is 595. The lowest BCUT2D eigenvalue weighted by molar-refractivity contribution is -0.125. The monoisotopic (exact) mass is 346 g/mol. The third-order valence-corrected chi connectivity index (χ3v) is 2.97.